The Morgan fingerprint density at radius 2 is 2.23 bits per heavy atom. The summed E-state index contributed by atoms with van der Waals surface area (Å²) < 4.78 is 0. The zero-order chi connectivity index (χ0) is 9.26. The van der Waals surface area contributed by atoms with E-state index in [9.17, 15) is 4.79 Å². The molecule has 0 heterocycles. The van der Waals surface area contributed by atoms with Crippen molar-refractivity contribution in [3.63, 3.8) is 0 Å². The van der Waals surface area contributed by atoms with Crippen LogP contribution < -0.4 is 11.1 Å². The van der Waals surface area contributed by atoms with E-state index in [-0.39, 0.29) is 6.04 Å². The number of urea groups is 1. The highest BCUT2D eigenvalue weighted by atomic mass is 16.2. The van der Waals surface area contributed by atoms with Gasteiger partial charge in [-0.05, 0) is 24.0 Å². The van der Waals surface area contributed by atoms with Gasteiger partial charge in [-0.2, -0.15) is 0 Å². The van der Waals surface area contributed by atoms with Gasteiger partial charge in [-0.1, -0.05) is 24.3 Å². The van der Waals surface area contributed by atoms with Crippen molar-refractivity contribution in [1.29, 1.82) is 0 Å². The van der Waals surface area contributed by atoms with Gasteiger partial charge in [-0.3, -0.25) is 0 Å². The van der Waals surface area contributed by atoms with Crippen LogP contribution in [0.1, 0.15) is 23.6 Å². The number of primary amides is 1. The van der Waals surface area contributed by atoms with Gasteiger partial charge in [0.15, 0.2) is 0 Å². The summed E-state index contributed by atoms with van der Waals surface area (Å²) >= 11 is 0. The van der Waals surface area contributed by atoms with Crippen molar-refractivity contribution in [2.24, 2.45) is 5.73 Å². The van der Waals surface area contributed by atoms with E-state index in [1.165, 1.54) is 11.1 Å². The summed E-state index contributed by atoms with van der Waals surface area (Å²) in [4.78, 5) is 10.7. The van der Waals surface area contributed by atoms with Crippen molar-refractivity contribution in [2.75, 3.05) is 0 Å². The molecule has 2 amide bonds. The molecule has 0 saturated heterocycles. The summed E-state index contributed by atoms with van der Waals surface area (Å²) in [5, 5.41) is 2.74. The molecule has 0 bridgehead atoms. The number of carbonyl (C=O) groups excluding carboxylic acids is 1. The number of aryl methyl sites for hydroxylation is 1. The maximum Gasteiger partial charge on any atom is 0.312 e. The summed E-state index contributed by atoms with van der Waals surface area (Å²) in [5.74, 6) is 0. The molecule has 1 aliphatic carbocycles. The van der Waals surface area contributed by atoms with Crippen LogP contribution in [0.15, 0.2) is 24.3 Å². The van der Waals surface area contributed by atoms with Crippen LogP contribution in [-0.2, 0) is 6.42 Å². The molecular formula is C10H12N2O. The normalized spacial score (nSPS) is 19.5. The lowest BCUT2D eigenvalue weighted by molar-refractivity contribution is 0.245. The fourth-order valence-electron chi connectivity index (χ4n) is 1.88. The number of fused-ring (bicyclic) bond motifs is 1. The minimum absolute atomic E-state index is 0.119. The molecule has 1 aromatic rings. The quantitative estimate of drug-likeness (QED) is 0.666. The summed E-state index contributed by atoms with van der Waals surface area (Å²) in [5.41, 5.74) is 7.61. The van der Waals surface area contributed by atoms with E-state index in [0.717, 1.165) is 12.8 Å². The number of benzene rings is 1. The van der Waals surface area contributed by atoms with Gasteiger partial charge < -0.3 is 11.1 Å². The molecule has 0 aliphatic heterocycles. The molecule has 0 fully saturated rings. The van der Waals surface area contributed by atoms with Crippen molar-refractivity contribution in [2.45, 2.75) is 18.9 Å². The molecule has 1 atom stereocenters. The number of hydrogen-bond acceptors (Lipinski definition) is 1. The number of nitrogens with one attached hydrogen (secondary N) is 1. The molecule has 3 N–H and O–H groups in total. The second-order valence-electron chi connectivity index (χ2n) is 3.30. The largest absolute Gasteiger partial charge is 0.352 e. The Balaban J connectivity index is 2.23. The van der Waals surface area contributed by atoms with Crippen molar-refractivity contribution in [3.8, 4) is 0 Å². The fourth-order valence-corrected chi connectivity index (χ4v) is 1.88. The number of hydrogen-bond donors (Lipinski definition) is 2. The Labute approximate surface area is 76.9 Å². The van der Waals surface area contributed by atoms with Crippen LogP contribution in [-0.4, -0.2) is 6.03 Å². The van der Waals surface area contributed by atoms with E-state index in [4.69, 9.17) is 5.73 Å². The Kier molecular flexibility index (Phi) is 1.93. The third-order valence-electron chi connectivity index (χ3n) is 2.45. The minimum atomic E-state index is -0.443. The van der Waals surface area contributed by atoms with Gasteiger partial charge in [0, 0.05) is 0 Å². The highest BCUT2D eigenvalue weighted by molar-refractivity contribution is 5.72. The van der Waals surface area contributed by atoms with Crippen LogP contribution in [0.2, 0.25) is 0 Å². The summed E-state index contributed by atoms with van der Waals surface area (Å²) in [6, 6.07) is 7.82. The molecule has 3 nitrogen and oxygen atoms in total. The molecule has 1 aromatic carbocycles. The molecular weight excluding hydrogens is 164 g/mol. The SMILES string of the molecule is NC(=O)NC1CCc2ccccc21. The van der Waals surface area contributed by atoms with E-state index in [1.54, 1.807) is 0 Å². The highest BCUT2D eigenvalue weighted by Crippen LogP contribution is 2.30. The highest BCUT2D eigenvalue weighted by Gasteiger charge is 2.22. The summed E-state index contributed by atoms with van der Waals surface area (Å²) in [7, 11) is 0. The first-order chi connectivity index (χ1) is 6.27. The molecule has 2 rings (SSSR count). The van der Waals surface area contributed by atoms with E-state index in [2.05, 4.69) is 11.4 Å². The zero-order valence-corrected chi connectivity index (χ0v) is 7.29. The molecule has 68 valence electrons. The molecule has 0 spiro atoms. The molecule has 0 saturated carbocycles. The van der Waals surface area contributed by atoms with Gasteiger partial charge in [0.25, 0.3) is 0 Å². The Bertz CT molecular complexity index is 335. The van der Waals surface area contributed by atoms with Gasteiger partial charge in [0.2, 0.25) is 0 Å². The van der Waals surface area contributed by atoms with Crippen LogP contribution in [0.3, 0.4) is 0 Å². The molecule has 0 radical (unpaired) electrons. The van der Waals surface area contributed by atoms with Crippen LogP contribution in [0.4, 0.5) is 4.79 Å². The number of amides is 2. The topological polar surface area (TPSA) is 55.1 Å². The van der Waals surface area contributed by atoms with Gasteiger partial charge in [-0.15, -0.1) is 0 Å². The molecule has 1 unspecified atom stereocenters. The van der Waals surface area contributed by atoms with Crippen molar-refractivity contribution in [3.05, 3.63) is 35.4 Å². The summed E-state index contributed by atoms with van der Waals surface area (Å²) in [6.07, 6.45) is 1.99. The molecule has 1 aliphatic rings. The van der Waals surface area contributed by atoms with Crippen molar-refractivity contribution in [1.82, 2.24) is 5.32 Å². The Morgan fingerprint density at radius 1 is 1.46 bits per heavy atom. The van der Waals surface area contributed by atoms with E-state index in [0.29, 0.717) is 0 Å². The summed E-state index contributed by atoms with van der Waals surface area (Å²) in [6.45, 7) is 0. The van der Waals surface area contributed by atoms with Gasteiger partial charge in [0.1, 0.15) is 0 Å². The van der Waals surface area contributed by atoms with Crippen LogP contribution in [0, 0.1) is 0 Å². The first-order valence-corrected chi connectivity index (χ1v) is 4.41. The lowest BCUT2D eigenvalue weighted by Crippen LogP contribution is -2.32. The predicted molar refractivity (Wildman–Crippen MR) is 50.2 cm³/mol. The molecule has 0 aromatic heterocycles. The van der Waals surface area contributed by atoms with Gasteiger partial charge in [-0.25, -0.2) is 4.79 Å². The van der Waals surface area contributed by atoms with E-state index < -0.39 is 6.03 Å². The second-order valence-corrected chi connectivity index (χ2v) is 3.30. The predicted octanol–water partition coefficient (Wildman–Crippen LogP) is 1.34. The standard InChI is InChI=1S/C10H12N2O/c11-10(13)12-9-6-5-7-3-1-2-4-8(7)9/h1-4,9H,5-6H2,(H3,11,12,13). The van der Waals surface area contributed by atoms with Crippen LogP contribution in [0.5, 0.6) is 0 Å². The molecule has 13 heavy (non-hydrogen) atoms. The van der Waals surface area contributed by atoms with Gasteiger partial charge in [0.05, 0.1) is 6.04 Å². The zero-order valence-electron chi connectivity index (χ0n) is 7.29. The first-order valence-electron chi connectivity index (χ1n) is 4.41. The first kappa shape index (κ1) is 8.10. The fraction of sp³-hybridized carbons (Fsp3) is 0.300. The number of nitrogens with two attached hydrogens (primary N) is 1. The lowest BCUT2D eigenvalue weighted by atomic mass is 10.1. The maximum absolute atomic E-state index is 10.7. The third kappa shape index (κ3) is 1.49. The Morgan fingerprint density at radius 3 is 3.00 bits per heavy atom. The Hall–Kier alpha value is -1.51. The molecule has 3 heteroatoms. The third-order valence-corrected chi connectivity index (χ3v) is 2.45. The van der Waals surface area contributed by atoms with E-state index >= 15 is 0 Å². The second kappa shape index (κ2) is 3.09. The lowest BCUT2D eigenvalue weighted by Gasteiger charge is -2.11. The van der Waals surface area contributed by atoms with Crippen LogP contribution in [0.25, 0.3) is 0 Å². The van der Waals surface area contributed by atoms with Crippen molar-refractivity contribution >= 4 is 6.03 Å². The monoisotopic (exact) mass is 176 g/mol. The smallest absolute Gasteiger partial charge is 0.312 e. The van der Waals surface area contributed by atoms with Gasteiger partial charge >= 0.3 is 6.03 Å². The van der Waals surface area contributed by atoms with Crippen LogP contribution >= 0.6 is 0 Å². The average molecular weight is 176 g/mol. The number of carbonyl (C=O) groups is 1. The average Bonchev–Trinajstić information content (AvgIpc) is 2.48. The maximum atomic E-state index is 10.7. The van der Waals surface area contributed by atoms with E-state index in [1.807, 2.05) is 18.2 Å². The number of rotatable bonds is 1. The minimum Gasteiger partial charge on any atom is -0.352 e. The van der Waals surface area contributed by atoms with Crippen molar-refractivity contribution < 1.29 is 4.79 Å².